The number of nitrogens with zero attached hydrogens (tertiary/aromatic N) is 2. The van der Waals surface area contributed by atoms with Crippen molar-refractivity contribution in [3.63, 3.8) is 0 Å². The largest absolute Gasteiger partial charge is 0.306 e. The minimum absolute atomic E-state index is 0.782. The van der Waals surface area contributed by atoms with Crippen molar-refractivity contribution in [2.75, 3.05) is 20.1 Å². The summed E-state index contributed by atoms with van der Waals surface area (Å²) in [6.07, 6.45) is 1.87. The van der Waals surface area contributed by atoms with E-state index in [0.717, 1.165) is 42.1 Å². The molecule has 0 unspecified atom stereocenters. The Labute approximate surface area is 95.1 Å². The molecule has 0 spiro atoms. The molecule has 0 fully saturated rings. The maximum atomic E-state index is 9.04. The van der Waals surface area contributed by atoms with Crippen molar-refractivity contribution in [1.82, 2.24) is 4.90 Å². The van der Waals surface area contributed by atoms with E-state index < -0.39 is 0 Å². The van der Waals surface area contributed by atoms with E-state index in [2.05, 4.69) is 18.0 Å². The molecule has 0 amide bonds. The van der Waals surface area contributed by atoms with Crippen LogP contribution in [0.15, 0.2) is 12.1 Å². The van der Waals surface area contributed by atoms with Crippen molar-refractivity contribution in [2.24, 2.45) is 0 Å². The van der Waals surface area contributed by atoms with Gasteiger partial charge < -0.3 is 4.90 Å². The highest BCUT2D eigenvalue weighted by Crippen LogP contribution is 2.26. The zero-order valence-corrected chi connectivity index (χ0v) is 9.51. The first-order valence-electron chi connectivity index (χ1n) is 5.11. The van der Waals surface area contributed by atoms with Crippen LogP contribution in [0.1, 0.15) is 16.7 Å². The molecule has 78 valence electrons. The van der Waals surface area contributed by atoms with Crippen molar-refractivity contribution in [3.05, 3.63) is 33.8 Å². The van der Waals surface area contributed by atoms with Crippen LogP contribution >= 0.6 is 11.6 Å². The van der Waals surface area contributed by atoms with Gasteiger partial charge in [-0.15, -0.1) is 0 Å². The summed E-state index contributed by atoms with van der Waals surface area (Å²) in [6, 6.07) is 5.91. The number of benzene rings is 1. The Hall–Kier alpha value is -1.04. The normalized spacial score (nSPS) is 16.6. The fourth-order valence-electron chi connectivity index (χ4n) is 2.04. The second-order valence-corrected chi connectivity index (χ2v) is 4.37. The Morgan fingerprint density at radius 1 is 1.27 bits per heavy atom. The lowest BCUT2D eigenvalue weighted by molar-refractivity contribution is 0.352. The number of halogens is 1. The van der Waals surface area contributed by atoms with Crippen molar-refractivity contribution in [3.8, 4) is 6.07 Å². The van der Waals surface area contributed by atoms with E-state index in [1.807, 2.05) is 12.1 Å². The van der Waals surface area contributed by atoms with E-state index in [1.165, 1.54) is 5.56 Å². The van der Waals surface area contributed by atoms with Gasteiger partial charge in [-0.2, -0.15) is 5.26 Å². The fourth-order valence-corrected chi connectivity index (χ4v) is 2.31. The Balaban J connectivity index is 2.50. The van der Waals surface area contributed by atoms with Gasteiger partial charge >= 0.3 is 0 Å². The first-order chi connectivity index (χ1) is 7.22. The van der Waals surface area contributed by atoms with E-state index >= 15 is 0 Å². The van der Waals surface area contributed by atoms with Crippen molar-refractivity contribution >= 4 is 11.6 Å². The lowest BCUT2D eigenvalue weighted by Crippen LogP contribution is -2.20. The van der Waals surface area contributed by atoms with E-state index in [0.29, 0.717) is 0 Å². The highest BCUT2D eigenvalue weighted by Gasteiger charge is 2.16. The highest BCUT2D eigenvalue weighted by molar-refractivity contribution is 6.31. The Kier molecular flexibility index (Phi) is 2.95. The zero-order valence-electron chi connectivity index (χ0n) is 8.76. The molecule has 0 saturated carbocycles. The summed E-state index contributed by atoms with van der Waals surface area (Å²) in [7, 11) is 2.10. The van der Waals surface area contributed by atoms with Crippen LogP contribution in [0.5, 0.6) is 0 Å². The molecular weight excluding hydrogens is 208 g/mol. The monoisotopic (exact) mass is 220 g/mol. The summed E-state index contributed by atoms with van der Waals surface area (Å²) in [5.74, 6) is 0. The van der Waals surface area contributed by atoms with Crippen LogP contribution in [0.2, 0.25) is 5.02 Å². The molecule has 1 aromatic rings. The third-order valence-electron chi connectivity index (χ3n) is 2.98. The van der Waals surface area contributed by atoms with Gasteiger partial charge in [0.25, 0.3) is 0 Å². The van der Waals surface area contributed by atoms with Gasteiger partial charge in [-0.3, -0.25) is 0 Å². The number of hydrogen-bond donors (Lipinski definition) is 0. The average Bonchev–Trinajstić information content (AvgIpc) is 2.43. The van der Waals surface area contributed by atoms with Gasteiger partial charge in [0.15, 0.2) is 0 Å². The standard InChI is InChI=1S/C12H13ClN2/c1-15-6-4-10-9(8-14)2-3-12(13)11(10)5-7-15/h2-3H,4-7H2,1H3. The first-order valence-corrected chi connectivity index (χ1v) is 5.49. The van der Waals surface area contributed by atoms with Gasteiger partial charge in [0.05, 0.1) is 11.6 Å². The summed E-state index contributed by atoms with van der Waals surface area (Å²) < 4.78 is 0. The molecule has 0 aliphatic carbocycles. The second-order valence-electron chi connectivity index (χ2n) is 3.97. The molecule has 0 aromatic heterocycles. The lowest BCUT2D eigenvalue weighted by atomic mass is 9.98. The van der Waals surface area contributed by atoms with Gasteiger partial charge in [0.1, 0.15) is 0 Å². The Morgan fingerprint density at radius 3 is 2.60 bits per heavy atom. The minimum Gasteiger partial charge on any atom is -0.306 e. The van der Waals surface area contributed by atoms with Crippen LogP contribution < -0.4 is 0 Å². The molecule has 2 rings (SSSR count). The molecule has 0 bridgehead atoms. The third-order valence-corrected chi connectivity index (χ3v) is 3.34. The molecule has 0 N–H and O–H groups in total. The molecule has 1 aliphatic heterocycles. The van der Waals surface area contributed by atoms with Gasteiger partial charge in [0.2, 0.25) is 0 Å². The van der Waals surface area contributed by atoms with Crippen LogP contribution in [-0.4, -0.2) is 25.0 Å². The first kappa shape index (κ1) is 10.5. The van der Waals surface area contributed by atoms with E-state index in [1.54, 1.807) is 0 Å². The van der Waals surface area contributed by atoms with Crippen LogP contribution in [0, 0.1) is 11.3 Å². The summed E-state index contributed by atoms with van der Waals surface area (Å²) in [5, 5.41) is 9.84. The highest BCUT2D eigenvalue weighted by atomic mass is 35.5. The number of fused-ring (bicyclic) bond motifs is 1. The van der Waals surface area contributed by atoms with Gasteiger partial charge in [0, 0.05) is 18.1 Å². The average molecular weight is 221 g/mol. The number of rotatable bonds is 0. The SMILES string of the molecule is CN1CCc2c(Cl)ccc(C#N)c2CC1. The molecule has 1 aliphatic rings. The van der Waals surface area contributed by atoms with Crippen LogP contribution in [0.4, 0.5) is 0 Å². The van der Waals surface area contributed by atoms with E-state index in [9.17, 15) is 0 Å². The van der Waals surface area contributed by atoms with Crippen molar-refractivity contribution in [1.29, 1.82) is 5.26 Å². The predicted molar refractivity (Wildman–Crippen MR) is 61.1 cm³/mol. The molecule has 0 saturated heterocycles. The Bertz CT molecular complexity index is 420. The third kappa shape index (κ3) is 1.99. The lowest BCUT2D eigenvalue weighted by Gasteiger charge is -2.10. The van der Waals surface area contributed by atoms with Crippen LogP contribution in [0.25, 0.3) is 0 Å². The maximum absolute atomic E-state index is 9.04. The quantitative estimate of drug-likeness (QED) is 0.671. The zero-order chi connectivity index (χ0) is 10.8. The molecule has 0 atom stereocenters. The molecule has 15 heavy (non-hydrogen) atoms. The predicted octanol–water partition coefficient (Wildman–Crippen LogP) is 2.24. The fraction of sp³-hybridized carbons (Fsp3) is 0.417. The molecule has 3 heteroatoms. The second kappa shape index (κ2) is 4.22. The summed E-state index contributed by atoms with van der Waals surface area (Å²) in [4.78, 5) is 2.28. The smallest absolute Gasteiger partial charge is 0.0994 e. The van der Waals surface area contributed by atoms with Crippen molar-refractivity contribution < 1.29 is 0 Å². The van der Waals surface area contributed by atoms with Gasteiger partial charge in [-0.25, -0.2) is 0 Å². The minimum atomic E-state index is 0.782. The van der Waals surface area contributed by atoms with E-state index in [-0.39, 0.29) is 0 Å². The van der Waals surface area contributed by atoms with Gasteiger partial charge in [-0.1, -0.05) is 11.6 Å². The topological polar surface area (TPSA) is 27.0 Å². The number of hydrogen-bond acceptors (Lipinski definition) is 2. The molecule has 0 radical (unpaired) electrons. The van der Waals surface area contributed by atoms with Crippen molar-refractivity contribution in [2.45, 2.75) is 12.8 Å². The molecular formula is C12H13ClN2. The van der Waals surface area contributed by atoms with E-state index in [4.69, 9.17) is 16.9 Å². The number of nitriles is 1. The van der Waals surface area contributed by atoms with Crippen LogP contribution in [0.3, 0.4) is 0 Å². The molecule has 1 aromatic carbocycles. The summed E-state index contributed by atoms with van der Waals surface area (Å²) in [5.41, 5.74) is 3.10. The molecule has 1 heterocycles. The Morgan fingerprint density at radius 2 is 1.93 bits per heavy atom. The summed E-state index contributed by atoms with van der Waals surface area (Å²) >= 11 is 6.16. The molecule has 2 nitrogen and oxygen atoms in total. The number of likely N-dealkylation sites (N-methyl/N-ethyl adjacent to an activating group) is 1. The maximum Gasteiger partial charge on any atom is 0.0994 e. The van der Waals surface area contributed by atoms with Crippen LogP contribution in [-0.2, 0) is 12.8 Å². The summed E-state index contributed by atoms with van der Waals surface area (Å²) in [6.45, 7) is 2.02. The van der Waals surface area contributed by atoms with Gasteiger partial charge in [-0.05, 0) is 43.1 Å².